The second-order valence-electron chi connectivity index (χ2n) is 7.98. The second-order valence-corrected chi connectivity index (χ2v) is 7.98. The van der Waals surface area contributed by atoms with Crippen molar-refractivity contribution in [2.24, 2.45) is 0 Å². The summed E-state index contributed by atoms with van der Waals surface area (Å²) < 4.78 is 22.3. The normalized spacial score (nSPS) is 11.6. The van der Waals surface area contributed by atoms with Gasteiger partial charge < -0.3 is 18.6 Å². The van der Waals surface area contributed by atoms with Crippen molar-refractivity contribution in [3.63, 3.8) is 0 Å². The zero-order chi connectivity index (χ0) is 24.7. The molecule has 1 unspecified atom stereocenters. The molecule has 0 saturated carbocycles. The standard InChI is InChI=1S/C30H22O6/c31-28(33-20-21-12-4-1-5-13-21)27(23-16-8-3-9-17-23)35-30(32)36-29-26(22-14-6-2-7-15-22)24-18-10-11-19-25(24)34-29/h1-19,27H,20H2. The molecule has 0 aliphatic heterocycles. The van der Waals surface area contributed by atoms with Crippen molar-refractivity contribution in [3.8, 4) is 17.1 Å². The highest BCUT2D eigenvalue weighted by Gasteiger charge is 2.29. The molecule has 6 heteroatoms. The lowest BCUT2D eigenvalue weighted by Gasteiger charge is -2.17. The van der Waals surface area contributed by atoms with Crippen LogP contribution in [0.5, 0.6) is 5.95 Å². The van der Waals surface area contributed by atoms with E-state index in [0.29, 0.717) is 16.7 Å². The van der Waals surface area contributed by atoms with Crippen LogP contribution < -0.4 is 4.74 Å². The van der Waals surface area contributed by atoms with Crippen LogP contribution in [0.25, 0.3) is 22.1 Å². The number of rotatable bonds is 7. The highest BCUT2D eigenvalue weighted by Crippen LogP contribution is 2.40. The first-order valence-electron chi connectivity index (χ1n) is 11.4. The lowest BCUT2D eigenvalue weighted by atomic mass is 10.0. The summed E-state index contributed by atoms with van der Waals surface area (Å²) in [6.07, 6.45) is -2.40. The molecule has 0 bridgehead atoms. The van der Waals surface area contributed by atoms with Gasteiger partial charge >= 0.3 is 18.1 Å². The molecule has 0 saturated heterocycles. The van der Waals surface area contributed by atoms with E-state index in [1.807, 2.05) is 78.9 Å². The first-order valence-corrected chi connectivity index (χ1v) is 11.4. The van der Waals surface area contributed by atoms with Crippen molar-refractivity contribution in [1.82, 2.24) is 0 Å². The molecule has 36 heavy (non-hydrogen) atoms. The van der Waals surface area contributed by atoms with Gasteiger partial charge in [-0.05, 0) is 17.2 Å². The van der Waals surface area contributed by atoms with Gasteiger partial charge in [0.15, 0.2) is 0 Å². The van der Waals surface area contributed by atoms with E-state index in [2.05, 4.69) is 0 Å². The van der Waals surface area contributed by atoms with Gasteiger partial charge in [0, 0.05) is 10.9 Å². The minimum atomic E-state index is -1.31. The number of fused-ring (bicyclic) bond motifs is 1. The Balaban J connectivity index is 1.39. The first kappa shape index (κ1) is 22.9. The minimum Gasteiger partial charge on any atom is -0.458 e. The van der Waals surface area contributed by atoms with Crippen molar-refractivity contribution in [2.45, 2.75) is 12.7 Å². The van der Waals surface area contributed by atoms with E-state index in [1.54, 1.807) is 36.4 Å². The zero-order valence-electron chi connectivity index (χ0n) is 19.2. The van der Waals surface area contributed by atoms with Crippen LogP contribution in [0.3, 0.4) is 0 Å². The van der Waals surface area contributed by atoms with Crippen molar-refractivity contribution >= 4 is 23.1 Å². The number of carbonyl (C=O) groups is 2. The van der Waals surface area contributed by atoms with Crippen molar-refractivity contribution in [3.05, 3.63) is 126 Å². The number of para-hydroxylation sites is 1. The van der Waals surface area contributed by atoms with Crippen molar-refractivity contribution in [1.29, 1.82) is 0 Å². The summed E-state index contributed by atoms with van der Waals surface area (Å²) in [5, 5.41) is 0.786. The average molecular weight is 479 g/mol. The Morgan fingerprint density at radius 2 is 1.33 bits per heavy atom. The molecule has 1 aromatic heterocycles. The van der Waals surface area contributed by atoms with E-state index in [9.17, 15) is 9.59 Å². The number of carbonyl (C=O) groups excluding carboxylic acids is 2. The molecule has 5 rings (SSSR count). The first-order chi connectivity index (χ1) is 17.7. The van der Waals surface area contributed by atoms with Gasteiger partial charge in [0.2, 0.25) is 6.10 Å². The van der Waals surface area contributed by atoms with Gasteiger partial charge in [-0.15, -0.1) is 0 Å². The number of benzene rings is 4. The highest BCUT2D eigenvalue weighted by atomic mass is 16.8. The van der Waals surface area contributed by atoms with Gasteiger partial charge in [0.05, 0.1) is 5.56 Å². The molecule has 5 aromatic rings. The maximum absolute atomic E-state index is 13.0. The molecule has 0 amide bonds. The van der Waals surface area contributed by atoms with E-state index in [4.69, 9.17) is 18.6 Å². The van der Waals surface area contributed by atoms with Gasteiger partial charge in [-0.25, -0.2) is 9.59 Å². The Bertz CT molecular complexity index is 1460. The fourth-order valence-corrected chi connectivity index (χ4v) is 3.85. The molecule has 0 radical (unpaired) electrons. The van der Waals surface area contributed by atoms with Crippen LogP contribution >= 0.6 is 0 Å². The maximum Gasteiger partial charge on any atom is 0.517 e. The molecule has 1 atom stereocenters. The average Bonchev–Trinajstić information content (AvgIpc) is 3.29. The van der Waals surface area contributed by atoms with Gasteiger partial charge in [-0.3, -0.25) is 0 Å². The maximum atomic E-state index is 13.0. The Morgan fingerprint density at radius 3 is 2.06 bits per heavy atom. The van der Waals surface area contributed by atoms with E-state index in [-0.39, 0.29) is 12.6 Å². The van der Waals surface area contributed by atoms with E-state index < -0.39 is 18.2 Å². The predicted molar refractivity (Wildman–Crippen MR) is 134 cm³/mol. The number of esters is 1. The Morgan fingerprint density at radius 1 is 0.722 bits per heavy atom. The molecule has 0 spiro atoms. The number of hydrogen-bond donors (Lipinski definition) is 0. The third kappa shape index (κ3) is 5.13. The molecular formula is C30H22O6. The third-order valence-electron chi connectivity index (χ3n) is 5.56. The van der Waals surface area contributed by atoms with Crippen LogP contribution in [0.15, 0.2) is 120 Å². The summed E-state index contributed by atoms with van der Waals surface area (Å²) in [6, 6.07) is 34.7. The van der Waals surface area contributed by atoms with Gasteiger partial charge in [-0.2, -0.15) is 0 Å². The van der Waals surface area contributed by atoms with Crippen LogP contribution in [0.1, 0.15) is 17.2 Å². The quantitative estimate of drug-likeness (QED) is 0.232. The molecule has 0 aliphatic carbocycles. The Hall–Kier alpha value is -4.84. The van der Waals surface area contributed by atoms with Gasteiger partial charge in [-0.1, -0.05) is 109 Å². The summed E-state index contributed by atoms with van der Waals surface area (Å²) in [7, 11) is 0. The summed E-state index contributed by atoms with van der Waals surface area (Å²) in [5.74, 6) is -0.730. The van der Waals surface area contributed by atoms with E-state index in [0.717, 1.165) is 16.5 Å². The molecule has 0 N–H and O–H groups in total. The molecule has 4 aromatic carbocycles. The molecule has 0 aliphatic rings. The smallest absolute Gasteiger partial charge is 0.458 e. The fourth-order valence-electron chi connectivity index (χ4n) is 3.85. The molecule has 178 valence electrons. The summed E-state index contributed by atoms with van der Waals surface area (Å²) >= 11 is 0. The molecule has 6 nitrogen and oxygen atoms in total. The van der Waals surface area contributed by atoms with Gasteiger partial charge in [0.1, 0.15) is 12.2 Å². The monoisotopic (exact) mass is 478 g/mol. The minimum absolute atomic E-state index is 0.0168. The Kier molecular flexibility index (Phi) is 6.76. The van der Waals surface area contributed by atoms with E-state index in [1.165, 1.54) is 0 Å². The fraction of sp³-hybridized carbons (Fsp3) is 0.0667. The van der Waals surface area contributed by atoms with E-state index >= 15 is 0 Å². The number of ether oxygens (including phenoxy) is 3. The van der Waals surface area contributed by atoms with Crippen molar-refractivity contribution in [2.75, 3.05) is 0 Å². The molecule has 1 heterocycles. The largest absolute Gasteiger partial charge is 0.517 e. The highest BCUT2D eigenvalue weighted by molar-refractivity contribution is 5.97. The van der Waals surface area contributed by atoms with Gasteiger partial charge in [0.25, 0.3) is 0 Å². The van der Waals surface area contributed by atoms with Crippen molar-refractivity contribution < 1.29 is 28.2 Å². The van der Waals surface area contributed by atoms with Crippen LogP contribution in [-0.2, 0) is 20.9 Å². The number of hydrogen-bond acceptors (Lipinski definition) is 6. The van der Waals surface area contributed by atoms with Crippen LogP contribution in [-0.4, -0.2) is 12.1 Å². The third-order valence-corrected chi connectivity index (χ3v) is 5.56. The predicted octanol–water partition coefficient (Wildman–Crippen LogP) is 7.10. The second kappa shape index (κ2) is 10.6. The summed E-state index contributed by atoms with van der Waals surface area (Å²) in [6.45, 7) is 0.0448. The SMILES string of the molecule is O=C(Oc1oc2ccccc2c1-c1ccccc1)OC(C(=O)OCc1ccccc1)c1ccccc1. The summed E-state index contributed by atoms with van der Waals surface area (Å²) in [4.78, 5) is 25.9. The topological polar surface area (TPSA) is 75.0 Å². The number of furan rings is 1. The lowest BCUT2D eigenvalue weighted by molar-refractivity contribution is -0.156. The van der Waals surface area contributed by atoms with Crippen LogP contribution in [0.2, 0.25) is 0 Å². The van der Waals surface area contributed by atoms with Crippen LogP contribution in [0.4, 0.5) is 4.79 Å². The Labute approximate surface area is 207 Å². The lowest BCUT2D eigenvalue weighted by Crippen LogP contribution is -2.23. The van der Waals surface area contributed by atoms with Crippen LogP contribution in [0, 0.1) is 0 Å². The zero-order valence-corrected chi connectivity index (χ0v) is 19.2. The molecular weight excluding hydrogens is 456 g/mol. The molecule has 0 fully saturated rings. The summed E-state index contributed by atoms with van der Waals surface area (Å²) in [5.41, 5.74) is 3.26.